The number of carbonyl (C=O) groups excluding carboxylic acids is 1. The first-order valence-corrected chi connectivity index (χ1v) is 9.47. The number of amides is 1. The third-order valence-electron chi connectivity index (χ3n) is 4.23. The van der Waals surface area contributed by atoms with Gasteiger partial charge in [-0.1, -0.05) is 12.1 Å². The zero-order valence-electron chi connectivity index (χ0n) is 15.2. The van der Waals surface area contributed by atoms with E-state index in [1.165, 1.54) is 29.7 Å². The Kier molecular flexibility index (Phi) is 5.07. The van der Waals surface area contributed by atoms with Crippen LogP contribution in [0.4, 0.5) is 5.69 Å². The van der Waals surface area contributed by atoms with Crippen LogP contribution in [0.5, 0.6) is 0 Å². The number of benzene rings is 2. The van der Waals surface area contributed by atoms with Gasteiger partial charge in [-0.3, -0.25) is 14.9 Å². The maximum atomic E-state index is 12.3. The summed E-state index contributed by atoms with van der Waals surface area (Å²) in [4.78, 5) is 23.1. The molecule has 0 aliphatic rings. The van der Waals surface area contributed by atoms with Crippen LogP contribution in [-0.4, -0.2) is 17.0 Å². The van der Waals surface area contributed by atoms with Crippen molar-refractivity contribution in [3.8, 4) is 17.4 Å². The van der Waals surface area contributed by atoms with E-state index in [1.54, 1.807) is 42.5 Å². The summed E-state index contributed by atoms with van der Waals surface area (Å²) in [6.07, 6.45) is 1.36. The quantitative estimate of drug-likeness (QED) is 0.287. The second-order valence-electron chi connectivity index (χ2n) is 6.15. The molecule has 0 unspecified atom stereocenters. The third-order valence-corrected chi connectivity index (χ3v) is 5.35. The van der Waals surface area contributed by atoms with Crippen LogP contribution in [0.1, 0.15) is 21.0 Å². The van der Waals surface area contributed by atoms with Crippen molar-refractivity contribution in [1.82, 2.24) is 5.43 Å². The zero-order valence-corrected chi connectivity index (χ0v) is 16.1. The van der Waals surface area contributed by atoms with Crippen molar-refractivity contribution in [2.45, 2.75) is 0 Å². The molecule has 9 heteroatoms. The van der Waals surface area contributed by atoms with E-state index in [0.717, 1.165) is 4.70 Å². The molecule has 0 saturated heterocycles. The lowest BCUT2D eigenvalue weighted by Crippen LogP contribution is -2.15. The molecule has 0 fully saturated rings. The monoisotopic (exact) mass is 416 g/mol. The van der Waals surface area contributed by atoms with E-state index in [2.05, 4.69) is 16.6 Å². The van der Waals surface area contributed by atoms with Crippen molar-refractivity contribution < 1.29 is 14.1 Å². The van der Waals surface area contributed by atoms with Crippen molar-refractivity contribution in [1.29, 1.82) is 5.26 Å². The van der Waals surface area contributed by atoms with Crippen molar-refractivity contribution in [3.63, 3.8) is 0 Å². The van der Waals surface area contributed by atoms with Gasteiger partial charge >= 0.3 is 0 Å². The summed E-state index contributed by atoms with van der Waals surface area (Å²) in [6.45, 7) is 0. The summed E-state index contributed by atoms with van der Waals surface area (Å²) in [5, 5.41) is 24.6. The minimum absolute atomic E-state index is 0.0307. The summed E-state index contributed by atoms with van der Waals surface area (Å²) in [5.41, 5.74) is 3.54. The fraction of sp³-hybridized carbons (Fsp3) is 0. The number of fused-ring (bicyclic) bond motifs is 1. The zero-order chi connectivity index (χ0) is 21.1. The molecule has 1 amide bonds. The summed E-state index contributed by atoms with van der Waals surface area (Å²) >= 11 is 1.21. The number of nitrogens with zero attached hydrogens (tertiary/aromatic N) is 3. The number of rotatable bonds is 5. The van der Waals surface area contributed by atoms with Gasteiger partial charge < -0.3 is 4.42 Å². The van der Waals surface area contributed by atoms with Crippen LogP contribution in [0.25, 0.3) is 21.4 Å². The highest BCUT2D eigenvalue weighted by Crippen LogP contribution is 2.29. The molecule has 4 rings (SSSR count). The van der Waals surface area contributed by atoms with E-state index < -0.39 is 10.8 Å². The Morgan fingerprint density at radius 1 is 1.20 bits per heavy atom. The third kappa shape index (κ3) is 3.80. The van der Waals surface area contributed by atoms with Crippen LogP contribution in [0.2, 0.25) is 0 Å². The van der Waals surface area contributed by atoms with Gasteiger partial charge in [0, 0.05) is 27.8 Å². The fourth-order valence-corrected chi connectivity index (χ4v) is 3.76. The van der Waals surface area contributed by atoms with Crippen LogP contribution >= 0.6 is 11.3 Å². The Balaban J connectivity index is 1.47. The minimum Gasteiger partial charge on any atom is -0.455 e. The van der Waals surface area contributed by atoms with Crippen molar-refractivity contribution in [3.05, 3.63) is 87.0 Å². The van der Waals surface area contributed by atoms with Gasteiger partial charge in [-0.25, -0.2) is 5.43 Å². The molecule has 2 aromatic carbocycles. The number of nitro groups is 1. The average molecular weight is 416 g/mol. The standard InChI is InChI=1S/C21H12N4O4S/c22-11-13-3-1-2-4-17(13)18-7-6-16(29-18)12-23-24-21(26)20-10-14-9-15(25(27)28)5-8-19(14)30-20/h1-10,12H,(H,24,26). The second-order valence-corrected chi connectivity index (χ2v) is 7.23. The first-order valence-electron chi connectivity index (χ1n) is 8.66. The van der Waals surface area contributed by atoms with E-state index in [-0.39, 0.29) is 5.69 Å². The first kappa shape index (κ1) is 19.0. The van der Waals surface area contributed by atoms with Crippen LogP contribution < -0.4 is 5.43 Å². The molecule has 4 aromatic rings. The molecule has 30 heavy (non-hydrogen) atoms. The summed E-state index contributed by atoms with van der Waals surface area (Å²) in [5.74, 6) is 0.493. The molecular weight excluding hydrogens is 404 g/mol. The largest absolute Gasteiger partial charge is 0.455 e. The van der Waals surface area contributed by atoms with E-state index in [1.807, 2.05) is 6.07 Å². The van der Waals surface area contributed by atoms with Gasteiger partial charge in [0.25, 0.3) is 11.6 Å². The first-order chi connectivity index (χ1) is 14.5. The molecule has 0 saturated carbocycles. The number of hydrazone groups is 1. The maximum Gasteiger partial charge on any atom is 0.281 e. The molecule has 2 aromatic heterocycles. The number of thiophene rings is 1. The van der Waals surface area contributed by atoms with Crippen molar-refractivity contribution in [2.75, 3.05) is 0 Å². The van der Waals surface area contributed by atoms with Crippen LogP contribution in [0.15, 0.2) is 70.2 Å². The molecule has 0 bridgehead atoms. The number of furan rings is 1. The number of nitrogens with one attached hydrogen (secondary N) is 1. The van der Waals surface area contributed by atoms with Gasteiger partial charge in [-0.15, -0.1) is 11.3 Å². The lowest BCUT2D eigenvalue weighted by atomic mass is 10.1. The summed E-state index contributed by atoms with van der Waals surface area (Å²) in [6, 6.07) is 18.6. The average Bonchev–Trinajstić information content (AvgIpc) is 3.40. The van der Waals surface area contributed by atoms with Crippen LogP contribution in [0, 0.1) is 21.4 Å². The number of nitro benzene ring substituents is 1. The van der Waals surface area contributed by atoms with Gasteiger partial charge in [0.2, 0.25) is 0 Å². The summed E-state index contributed by atoms with van der Waals surface area (Å²) in [7, 11) is 0. The Bertz CT molecular complexity index is 1350. The molecule has 0 radical (unpaired) electrons. The maximum absolute atomic E-state index is 12.3. The van der Waals surface area contributed by atoms with Gasteiger partial charge in [-0.2, -0.15) is 10.4 Å². The van der Waals surface area contributed by atoms with E-state index in [4.69, 9.17) is 4.42 Å². The predicted molar refractivity (Wildman–Crippen MR) is 112 cm³/mol. The topological polar surface area (TPSA) is 122 Å². The minimum atomic E-state index is -0.478. The highest BCUT2D eigenvalue weighted by Gasteiger charge is 2.13. The lowest BCUT2D eigenvalue weighted by molar-refractivity contribution is -0.384. The molecule has 0 aliphatic carbocycles. The molecule has 2 heterocycles. The molecule has 0 atom stereocenters. The number of nitriles is 1. The van der Waals surface area contributed by atoms with Crippen LogP contribution in [-0.2, 0) is 0 Å². The van der Waals surface area contributed by atoms with E-state index >= 15 is 0 Å². The molecule has 146 valence electrons. The Morgan fingerprint density at radius 3 is 2.83 bits per heavy atom. The Morgan fingerprint density at radius 2 is 2.03 bits per heavy atom. The van der Waals surface area contributed by atoms with Gasteiger partial charge in [-0.05, 0) is 36.4 Å². The summed E-state index contributed by atoms with van der Waals surface area (Å²) < 4.78 is 6.44. The van der Waals surface area contributed by atoms with Crippen molar-refractivity contribution in [2.24, 2.45) is 5.10 Å². The highest BCUT2D eigenvalue weighted by atomic mass is 32.1. The Labute approximate surface area is 173 Å². The van der Waals surface area contributed by atoms with Crippen LogP contribution in [0.3, 0.4) is 0 Å². The number of carbonyl (C=O) groups is 1. The number of non-ortho nitro benzene ring substituents is 1. The van der Waals surface area contributed by atoms with Gasteiger partial charge in [0.05, 0.1) is 27.6 Å². The molecule has 0 spiro atoms. The molecule has 1 N–H and O–H groups in total. The highest BCUT2D eigenvalue weighted by molar-refractivity contribution is 7.20. The molecule has 0 aliphatic heterocycles. The predicted octanol–water partition coefficient (Wildman–Crippen LogP) is 4.71. The van der Waals surface area contributed by atoms with Crippen molar-refractivity contribution >= 4 is 39.2 Å². The molecular formula is C21H12N4O4S. The van der Waals surface area contributed by atoms with Gasteiger partial charge in [0.15, 0.2) is 0 Å². The van der Waals surface area contributed by atoms with E-state index in [0.29, 0.717) is 32.9 Å². The normalized spacial score (nSPS) is 10.9. The lowest BCUT2D eigenvalue weighted by Gasteiger charge is -1.98. The smallest absolute Gasteiger partial charge is 0.281 e. The Hall–Kier alpha value is -4.29. The fourth-order valence-electron chi connectivity index (χ4n) is 2.83. The second kappa shape index (κ2) is 7.98. The number of hydrogen-bond donors (Lipinski definition) is 1. The van der Waals surface area contributed by atoms with E-state index in [9.17, 15) is 20.2 Å². The van der Waals surface area contributed by atoms with Gasteiger partial charge in [0.1, 0.15) is 11.5 Å². The SMILES string of the molecule is N#Cc1ccccc1-c1ccc(C=NNC(=O)c2cc3cc([N+](=O)[O-])ccc3s2)o1. The number of hydrogen-bond acceptors (Lipinski definition) is 7. The molecule has 8 nitrogen and oxygen atoms in total.